The van der Waals surface area contributed by atoms with E-state index in [0.717, 1.165) is 37.7 Å². The van der Waals surface area contributed by atoms with Crippen LogP contribution in [0.25, 0.3) is 0 Å². The summed E-state index contributed by atoms with van der Waals surface area (Å²) in [5, 5.41) is 3.24. The van der Waals surface area contributed by atoms with Crippen LogP contribution in [0.2, 0.25) is 0 Å². The molecule has 0 spiro atoms. The van der Waals surface area contributed by atoms with E-state index in [1.54, 1.807) is 14.2 Å². The molecular formula is C24H32N2O5. The average molecular weight is 429 g/mol. The van der Waals surface area contributed by atoms with Gasteiger partial charge in [-0.15, -0.1) is 0 Å². The van der Waals surface area contributed by atoms with Crippen molar-refractivity contribution in [1.29, 1.82) is 0 Å². The van der Waals surface area contributed by atoms with Crippen molar-refractivity contribution < 1.29 is 23.8 Å². The summed E-state index contributed by atoms with van der Waals surface area (Å²) in [4.78, 5) is 27.9. The molecule has 168 valence electrons. The first-order valence-corrected chi connectivity index (χ1v) is 11.2. The molecule has 1 saturated heterocycles. The standard InChI is InChI=1S/C24H32N2O5/c1-23(17-5-6-18(29-2)19(9-17)30-3)13-26(22(28)25-23)20-15-7-14-8-16(20)12-24(10-14,11-15)21(27)31-4/h5-6,9,14-16,20H,7-8,10-13H2,1-4H3,(H,25,28). The summed E-state index contributed by atoms with van der Waals surface area (Å²) in [6.07, 6.45) is 4.85. The number of hydrogen-bond acceptors (Lipinski definition) is 5. The third-order valence-corrected chi connectivity index (χ3v) is 8.35. The van der Waals surface area contributed by atoms with Gasteiger partial charge in [-0.05, 0) is 74.5 Å². The van der Waals surface area contributed by atoms with Gasteiger partial charge in [0.2, 0.25) is 0 Å². The van der Waals surface area contributed by atoms with Crippen molar-refractivity contribution in [2.45, 2.75) is 50.6 Å². The van der Waals surface area contributed by atoms with Crippen LogP contribution in [0.3, 0.4) is 0 Å². The molecule has 4 aliphatic carbocycles. The second kappa shape index (κ2) is 7.04. The molecular weight excluding hydrogens is 396 g/mol. The van der Waals surface area contributed by atoms with E-state index < -0.39 is 5.54 Å². The van der Waals surface area contributed by atoms with Crippen molar-refractivity contribution >= 4 is 12.0 Å². The summed E-state index contributed by atoms with van der Waals surface area (Å²) in [6.45, 7) is 2.67. The zero-order chi connectivity index (χ0) is 22.0. The Morgan fingerprint density at radius 3 is 2.35 bits per heavy atom. The minimum atomic E-state index is -0.509. The lowest BCUT2D eigenvalue weighted by molar-refractivity contribution is -0.174. The number of carbonyl (C=O) groups is 2. The predicted octanol–water partition coefficient (Wildman–Crippen LogP) is 3.31. The highest BCUT2D eigenvalue weighted by molar-refractivity contribution is 5.80. The Hall–Kier alpha value is -2.44. The highest BCUT2D eigenvalue weighted by atomic mass is 16.5. The van der Waals surface area contributed by atoms with Crippen LogP contribution in [0.1, 0.15) is 44.6 Å². The number of hydrogen-bond donors (Lipinski definition) is 1. The van der Waals surface area contributed by atoms with Crippen molar-refractivity contribution in [3.05, 3.63) is 23.8 Å². The fourth-order valence-corrected chi connectivity index (χ4v) is 7.32. The lowest BCUT2D eigenvalue weighted by Gasteiger charge is -2.60. The topological polar surface area (TPSA) is 77.1 Å². The van der Waals surface area contributed by atoms with E-state index in [4.69, 9.17) is 14.2 Å². The summed E-state index contributed by atoms with van der Waals surface area (Å²) in [7, 11) is 4.74. The average Bonchev–Trinajstić information content (AvgIpc) is 3.06. The van der Waals surface area contributed by atoms with E-state index in [0.29, 0.717) is 35.8 Å². The van der Waals surface area contributed by atoms with Gasteiger partial charge in [0.05, 0.1) is 32.3 Å². The number of rotatable bonds is 5. The minimum absolute atomic E-state index is 0.0122. The van der Waals surface area contributed by atoms with E-state index in [1.807, 2.05) is 18.2 Å². The van der Waals surface area contributed by atoms with Gasteiger partial charge in [-0.2, -0.15) is 0 Å². The van der Waals surface area contributed by atoms with E-state index in [9.17, 15) is 9.59 Å². The van der Waals surface area contributed by atoms with Crippen LogP contribution in [0.4, 0.5) is 4.79 Å². The normalized spacial score (nSPS) is 38.2. The van der Waals surface area contributed by atoms with Gasteiger partial charge < -0.3 is 24.4 Å². The molecule has 4 saturated carbocycles. The zero-order valence-electron chi connectivity index (χ0n) is 18.8. The van der Waals surface area contributed by atoms with Gasteiger partial charge in [-0.1, -0.05) is 6.07 Å². The third kappa shape index (κ3) is 2.99. The van der Waals surface area contributed by atoms with Crippen LogP contribution in [0.5, 0.6) is 11.5 Å². The Balaban J connectivity index is 1.41. The Morgan fingerprint density at radius 2 is 1.74 bits per heavy atom. The molecule has 0 aromatic heterocycles. The number of urea groups is 1. The molecule has 7 nitrogen and oxygen atoms in total. The monoisotopic (exact) mass is 428 g/mol. The van der Waals surface area contributed by atoms with Gasteiger partial charge in [0, 0.05) is 12.6 Å². The Bertz CT molecular complexity index is 901. The Morgan fingerprint density at radius 1 is 1.06 bits per heavy atom. The maximum atomic E-state index is 13.2. The first-order chi connectivity index (χ1) is 14.8. The van der Waals surface area contributed by atoms with Crippen LogP contribution in [-0.4, -0.2) is 50.8 Å². The molecule has 5 aliphatic rings. The molecule has 3 atom stereocenters. The zero-order valence-corrected chi connectivity index (χ0v) is 18.8. The van der Waals surface area contributed by atoms with Crippen molar-refractivity contribution in [3.63, 3.8) is 0 Å². The van der Waals surface area contributed by atoms with Gasteiger partial charge >= 0.3 is 12.0 Å². The fraction of sp³-hybridized carbons (Fsp3) is 0.667. The summed E-state index contributed by atoms with van der Waals surface area (Å²) in [6, 6.07) is 6.01. The number of amides is 2. The lowest BCUT2D eigenvalue weighted by atomic mass is 9.47. The van der Waals surface area contributed by atoms with Gasteiger partial charge in [-0.25, -0.2) is 4.79 Å². The molecule has 5 fully saturated rings. The highest BCUT2D eigenvalue weighted by Crippen LogP contribution is 2.61. The third-order valence-electron chi connectivity index (χ3n) is 8.35. The van der Waals surface area contributed by atoms with Crippen LogP contribution in [-0.2, 0) is 15.1 Å². The molecule has 1 N–H and O–H groups in total. The number of methoxy groups -OCH3 is 3. The summed E-state index contributed by atoms with van der Waals surface area (Å²) in [5.41, 5.74) is 0.159. The molecule has 7 heteroatoms. The number of nitrogens with one attached hydrogen (secondary N) is 1. The highest BCUT2D eigenvalue weighted by Gasteiger charge is 2.61. The first kappa shape index (κ1) is 20.5. The van der Waals surface area contributed by atoms with Crippen LogP contribution >= 0.6 is 0 Å². The van der Waals surface area contributed by atoms with Gasteiger partial charge in [0.1, 0.15) is 0 Å². The Labute approximate surface area is 183 Å². The molecule has 3 unspecified atom stereocenters. The summed E-state index contributed by atoms with van der Waals surface area (Å²) in [5.74, 6) is 2.59. The van der Waals surface area contributed by atoms with E-state index in [1.165, 1.54) is 7.11 Å². The van der Waals surface area contributed by atoms with Crippen molar-refractivity contribution in [2.24, 2.45) is 23.2 Å². The molecule has 0 radical (unpaired) electrons. The molecule has 1 aromatic carbocycles. The number of esters is 1. The SMILES string of the molecule is COC(=O)C12CC3CC(C1)C(N1CC(C)(c4ccc(OC)c(OC)c4)NC1=O)C(C3)C2. The maximum absolute atomic E-state index is 13.2. The van der Waals surface area contributed by atoms with Gasteiger partial charge in [0.25, 0.3) is 0 Å². The second-order valence-corrected chi connectivity index (χ2v) is 10.2. The fourth-order valence-electron chi connectivity index (χ4n) is 7.32. The van der Waals surface area contributed by atoms with Crippen LogP contribution in [0.15, 0.2) is 18.2 Å². The summed E-state index contributed by atoms with van der Waals surface area (Å²) < 4.78 is 16.0. The van der Waals surface area contributed by atoms with Crippen LogP contribution < -0.4 is 14.8 Å². The van der Waals surface area contributed by atoms with Crippen LogP contribution in [0, 0.1) is 23.2 Å². The largest absolute Gasteiger partial charge is 0.493 e. The molecule has 1 aliphatic heterocycles. The molecule has 6 rings (SSSR count). The maximum Gasteiger partial charge on any atom is 0.318 e. The number of benzene rings is 1. The predicted molar refractivity (Wildman–Crippen MR) is 114 cm³/mol. The first-order valence-electron chi connectivity index (χ1n) is 11.2. The lowest BCUT2D eigenvalue weighted by Crippen LogP contribution is -2.61. The van der Waals surface area contributed by atoms with E-state index in [-0.39, 0.29) is 23.5 Å². The van der Waals surface area contributed by atoms with Gasteiger partial charge in [0.15, 0.2) is 11.5 Å². The second-order valence-electron chi connectivity index (χ2n) is 10.2. The van der Waals surface area contributed by atoms with E-state index in [2.05, 4.69) is 17.1 Å². The van der Waals surface area contributed by atoms with Crippen molar-refractivity contribution in [3.8, 4) is 11.5 Å². The molecule has 2 amide bonds. The molecule has 1 heterocycles. The molecule has 31 heavy (non-hydrogen) atoms. The summed E-state index contributed by atoms with van der Waals surface area (Å²) >= 11 is 0. The quantitative estimate of drug-likeness (QED) is 0.728. The Kier molecular flexibility index (Phi) is 4.65. The number of ether oxygens (including phenoxy) is 3. The van der Waals surface area contributed by atoms with Crippen molar-refractivity contribution in [2.75, 3.05) is 27.9 Å². The van der Waals surface area contributed by atoms with E-state index >= 15 is 0 Å². The molecule has 1 aromatic rings. The molecule has 4 bridgehead atoms. The number of carbonyl (C=O) groups excluding carboxylic acids is 2. The number of nitrogens with zero attached hydrogens (tertiary/aromatic N) is 1. The van der Waals surface area contributed by atoms with Crippen molar-refractivity contribution in [1.82, 2.24) is 10.2 Å². The minimum Gasteiger partial charge on any atom is -0.493 e. The smallest absolute Gasteiger partial charge is 0.318 e. The van der Waals surface area contributed by atoms with Gasteiger partial charge in [-0.3, -0.25) is 4.79 Å².